The lowest BCUT2D eigenvalue weighted by Crippen LogP contribution is -2.41. The second-order valence-corrected chi connectivity index (χ2v) is 8.59. The Labute approximate surface area is 158 Å². The van der Waals surface area contributed by atoms with E-state index in [0.29, 0.717) is 17.5 Å². The van der Waals surface area contributed by atoms with Gasteiger partial charge in [0.05, 0.1) is 5.25 Å². The van der Waals surface area contributed by atoms with Gasteiger partial charge < -0.3 is 10.1 Å². The van der Waals surface area contributed by atoms with Crippen LogP contribution < -0.4 is 5.32 Å². The SMILES string of the molecule is CC(=O)N[C@@H]1Cc2ccccc2C(S(=O)(=O)C(=O)OCc2ccccc2)C1. The Morgan fingerprint density at radius 2 is 1.74 bits per heavy atom. The fourth-order valence-electron chi connectivity index (χ4n) is 3.37. The van der Waals surface area contributed by atoms with E-state index in [-0.39, 0.29) is 25.0 Å². The molecule has 1 unspecified atom stereocenters. The maximum atomic E-state index is 12.9. The van der Waals surface area contributed by atoms with Gasteiger partial charge in [-0.15, -0.1) is 0 Å². The number of rotatable bonds is 4. The molecule has 1 aliphatic carbocycles. The highest BCUT2D eigenvalue weighted by molar-refractivity contribution is 8.05. The first-order valence-electron chi connectivity index (χ1n) is 8.67. The van der Waals surface area contributed by atoms with Gasteiger partial charge in [-0.05, 0) is 29.5 Å². The smallest absolute Gasteiger partial charge is 0.425 e. The van der Waals surface area contributed by atoms with Crippen molar-refractivity contribution < 1.29 is 22.7 Å². The summed E-state index contributed by atoms with van der Waals surface area (Å²) in [6, 6.07) is 15.6. The van der Waals surface area contributed by atoms with Gasteiger partial charge in [0.2, 0.25) is 5.91 Å². The zero-order valence-electron chi connectivity index (χ0n) is 14.9. The van der Waals surface area contributed by atoms with Crippen LogP contribution in [0.4, 0.5) is 4.79 Å². The molecule has 2 atom stereocenters. The highest BCUT2D eigenvalue weighted by Gasteiger charge is 2.41. The Hall–Kier alpha value is -2.67. The molecule has 0 saturated heterocycles. The molecule has 2 aromatic carbocycles. The Kier molecular flexibility index (Phi) is 5.60. The minimum Gasteiger partial charge on any atom is -0.449 e. The summed E-state index contributed by atoms with van der Waals surface area (Å²) in [5, 5.41) is 0.486. The summed E-state index contributed by atoms with van der Waals surface area (Å²) < 4.78 is 30.9. The fraction of sp³-hybridized carbons (Fsp3) is 0.300. The summed E-state index contributed by atoms with van der Waals surface area (Å²) in [4.78, 5) is 23.8. The van der Waals surface area contributed by atoms with Crippen LogP contribution in [0, 0.1) is 0 Å². The van der Waals surface area contributed by atoms with Crippen molar-refractivity contribution in [1.29, 1.82) is 0 Å². The van der Waals surface area contributed by atoms with Crippen LogP contribution in [0.25, 0.3) is 0 Å². The predicted molar refractivity (Wildman–Crippen MR) is 101 cm³/mol. The number of hydrogen-bond acceptors (Lipinski definition) is 5. The van der Waals surface area contributed by atoms with E-state index in [0.717, 1.165) is 5.56 Å². The molecule has 0 heterocycles. The van der Waals surface area contributed by atoms with Crippen LogP contribution in [-0.2, 0) is 32.4 Å². The van der Waals surface area contributed by atoms with E-state index in [4.69, 9.17) is 4.74 Å². The predicted octanol–water partition coefficient (Wildman–Crippen LogP) is 2.93. The number of nitrogens with one attached hydrogen (secondary N) is 1. The summed E-state index contributed by atoms with van der Waals surface area (Å²) in [5.74, 6) is -0.234. The van der Waals surface area contributed by atoms with E-state index in [1.165, 1.54) is 6.92 Å². The average Bonchev–Trinajstić information content (AvgIpc) is 2.65. The van der Waals surface area contributed by atoms with Gasteiger partial charge >= 0.3 is 5.30 Å². The number of ether oxygens (including phenoxy) is 1. The van der Waals surface area contributed by atoms with Crippen LogP contribution in [0.2, 0.25) is 0 Å². The van der Waals surface area contributed by atoms with Gasteiger partial charge in [-0.1, -0.05) is 54.6 Å². The number of amides is 1. The number of sulfone groups is 1. The van der Waals surface area contributed by atoms with Crippen molar-refractivity contribution in [1.82, 2.24) is 5.32 Å². The lowest BCUT2D eigenvalue weighted by molar-refractivity contribution is -0.119. The molecule has 27 heavy (non-hydrogen) atoms. The van der Waals surface area contributed by atoms with Crippen molar-refractivity contribution >= 4 is 21.0 Å². The van der Waals surface area contributed by atoms with Crippen molar-refractivity contribution in [2.24, 2.45) is 0 Å². The zero-order valence-corrected chi connectivity index (χ0v) is 15.7. The molecule has 7 heteroatoms. The van der Waals surface area contributed by atoms with Gasteiger partial charge in [0, 0.05) is 13.0 Å². The molecule has 0 bridgehead atoms. The number of carbonyl (C=O) groups excluding carboxylic acids is 2. The zero-order chi connectivity index (χ0) is 19.4. The minimum atomic E-state index is -4.23. The molecule has 0 aromatic heterocycles. The fourth-order valence-corrected chi connectivity index (χ4v) is 4.88. The molecule has 0 radical (unpaired) electrons. The molecule has 1 aliphatic rings. The second-order valence-electron chi connectivity index (χ2n) is 6.59. The van der Waals surface area contributed by atoms with Crippen LogP contribution in [0.5, 0.6) is 0 Å². The van der Waals surface area contributed by atoms with Gasteiger partial charge in [0.25, 0.3) is 9.84 Å². The monoisotopic (exact) mass is 387 g/mol. The maximum absolute atomic E-state index is 12.9. The first-order valence-corrected chi connectivity index (χ1v) is 10.2. The molecular weight excluding hydrogens is 366 g/mol. The number of benzene rings is 2. The summed E-state index contributed by atoms with van der Waals surface area (Å²) in [6.07, 6.45) is 0.667. The van der Waals surface area contributed by atoms with Gasteiger partial charge in [-0.3, -0.25) is 4.79 Å². The molecule has 2 aromatic rings. The van der Waals surface area contributed by atoms with Gasteiger partial charge in [0.15, 0.2) is 0 Å². The quantitative estimate of drug-likeness (QED) is 0.815. The van der Waals surface area contributed by atoms with Crippen molar-refractivity contribution in [2.45, 2.75) is 37.7 Å². The van der Waals surface area contributed by atoms with Gasteiger partial charge in [-0.2, -0.15) is 0 Å². The van der Waals surface area contributed by atoms with E-state index in [1.54, 1.807) is 36.4 Å². The Morgan fingerprint density at radius 3 is 2.44 bits per heavy atom. The van der Waals surface area contributed by atoms with Crippen LogP contribution >= 0.6 is 0 Å². The molecule has 1 amide bonds. The largest absolute Gasteiger partial charge is 0.449 e. The average molecular weight is 387 g/mol. The van der Waals surface area contributed by atoms with E-state index < -0.39 is 20.4 Å². The molecule has 3 rings (SSSR count). The summed E-state index contributed by atoms with van der Waals surface area (Å²) >= 11 is 0. The van der Waals surface area contributed by atoms with Crippen molar-refractivity contribution in [3.8, 4) is 0 Å². The highest BCUT2D eigenvalue weighted by Crippen LogP contribution is 2.37. The summed E-state index contributed by atoms with van der Waals surface area (Å²) in [7, 11) is -4.23. The maximum Gasteiger partial charge on any atom is 0.425 e. The second kappa shape index (κ2) is 7.92. The van der Waals surface area contributed by atoms with Crippen molar-refractivity contribution in [3.05, 3.63) is 71.3 Å². The summed E-state index contributed by atoms with van der Waals surface area (Å²) in [6.45, 7) is 1.28. The molecule has 142 valence electrons. The topological polar surface area (TPSA) is 89.5 Å². The standard InChI is InChI=1S/C20H21NO5S/c1-14(22)21-17-11-16-9-5-6-10-18(16)19(12-17)27(24,25)20(23)26-13-15-7-3-2-4-8-15/h2-10,17,19H,11-13H2,1H3,(H,21,22)/t17-,19?/m1/s1. The molecular formula is C20H21NO5S. The number of fused-ring (bicyclic) bond motifs is 1. The third kappa shape index (κ3) is 4.36. The normalized spacial score (nSPS) is 19.0. The summed E-state index contributed by atoms with van der Waals surface area (Å²) in [5.41, 5.74) is 2.11. The molecule has 0 fully saturated rings. The Morgan fingerprint density at radius 1 is 1.07 bits per heavy atom. The van der Waals surface area contributed by atoms with E-state index in [9.17, 15) is 18.0 Å². The molecule has 1 N–H and O–H groups in total. The van der Waals surface area contributed by atoms with Gasteiger partial charge in [-0.25, -0.2) is 13.2 Å². The Balaban J connectivity index is 1.83. The van der Waals surface area contributed by atoms with Crippen LogP contribution in [0.3, 0.4) is 0 Å². The van der Waals surface area contributed by atoms with Crippen LogP contribution in [-0.4, -0.2) is 25.7 Å². The van der Waals surface area contributed by atoms with E-state index in [1.807, 2.05) is 18.2 Å². The van der Waals surface area contributed by atoms with Gasteiger partial charge in [0.1, 0.15) is 6.61 Å². The lowest BCUT2D eigenvalue weighted by atomic mass is 9.88. The minimum absolute atomic E-state index is 0.109. The third-order valence-electron chi connectivity index (χ3n) is 4.58. The first-order chi connectivity index (χ1) is 12.9. The number of carbonyl (C=O) groups is 2. The first kappa shape index (κ1) is 19.1. The van der Waals surface area contributed by atoms with Crippen LogP contribution in [0.1, 0.15) is 35.3 Å². The lowest BCUT2D eigenvalue weighted by Gasteiger charge is -2.31. The molecule has 6 nitrogen and oxygen atoms in total. The van der Waals surface area contributed by atoms with E-state index in [2.05, 4.69) is 5.32 Å². The highest BCUT2D eigenvalue weighted by atomic mass is 32.2. The molecule has 0 saturated carbocycles. The van der Waals surface area contributed by atoms with E-state index >= 15 is 0 Å². The number of hydrogen-bond donors (Lipinski definition) is 1. The Bertz CT molecular complexity index is 940. The van der Waals surface area contributed by atoms with Crippen molar-refractivity contribution in [2.75, 3.05) is 0 Å². The molecule has 0 aliphatic heterocycles. The van der Waals surface area contributed by atoms with Crippen LogP contribution in [0.15, 0.2) is 54.6 Å². The third-order valence-corrected chi connectivity index (χ3v) is 6.36. The van der Waals surface area contributed by atoms with Crippen molar-refractivity contribution in [3.63, 3.8) is 0 Å². The molecule has 0 spiro atoms.